The molecule has 1 saturated heterocycles. The first-order valence-corrected chi connectivity index (χ1v) is 6.04. The van der Waals surface area contributed by atoms with Gasteiger partial charge in [0.2, 0.25) is 0 Å². The van der Waals surface area contributed by atoms with E-state index in [4.69, 9.17) is 5.11 Å². The van der Waals surface area contributed by atoms with E-state index in [9.17, 15) is 14.7 Å². The maximum atomic E-state index is 12.2. The lowest BCUT2D eigenvalue weighted by Gasteiger charge is -2.15. The molecule has 0 bridgehead atoms. The van der Waals surface area contributed by atoms with E-state index >= 15 is 0 Å². The molecule has 19 heavy (non-hydrogen) atoms. The van der Waals surface area contributed by atoms with Gasteiger partial charge in [-0.25, -0.2) is 4.79 Å². The molecule has 2 rings (SSSR count). The number of hydrogen-bond donors (Lipinski definition) is 2. The number of likely N-dealkylation sites (tertiary alicyclic amines) is 1. The molecule has 1 aliphatic rings. The van der Waals surface area contributed by atoms with Gasteiger partial charge in [-0.1, -0.05) is 12.1 Å². The molecular weight excluding hydrogens is 246 g/mol. The molecule has 0 spiro atoms. The third kappa shape index (κ3) is 3.42. The van der Waals surface area contributed by atoms with Gasteiger partial charge in [0.25, 0.3) is 5.91 Å². The first kappa shape index (κ1) is 13.3. The number of aliphatic hydroxyl groups excluding tert-OH is 1. The predicted octanol–water partition coefficient (Wildman–Crippen LogP) is 0.991. The Morgan fingerprint density at radius 1 is 1.37 bits per heavy atom. The third-order valence-electron chi connectivity index (χ3n) is 3.00. The molecule has 1 aromatic rings. The minimum Gasteiger partial charge on any atom is -0.478 e. The van der Waals surface area contributed by atoms with Crippen LogP contribution in [0.2, 0.25) is 0 Å². The van der Waals surface area contributed by atoms with Crippen LogP contribution in [-0.2, 0) is 4.79 Å². The molecule has 5 heteroatoms. The summed E-state index contributed by atoms with van der Waals surface area (Å²) in [6, 6.07) is 6.77. The summed E-state index contributed by atoms with van der Waals surface area (Å²) in [5.74, 6) is -1.17. The fourth-order valence-electron chi connectivity index (χ4n) is 2.05. The lowest BCUT2D eigenvalue weighted by Crippen LogP contribution is -2.29. The van der Waals surface area contributed by atoms with E-state index in [2.05, 4.69) is 0 Å². The van der Waals surface area contributed by atoms with Gasteiger partial charge in [0.05, 0.1) is 6.10 Å². The molecule has 1 atom stereocenters. The van der Waals surface area contributed by atoms with Gasteiger partial charge < -0.3 is 15.1 Å². The molecule has 0 aromatic heterocycles. The molecule has 0 radical (unpaired) electrons. The average molecular weight is 261 g/mol. The number of carbonyl (C=O) groups excluding carboxylic acids is 1. The second-order valence-corrected chi connectivity index (χ2v) is 4.49. The first-order chi connectivity index (χ1) is 9.06. The molecule has 0 aliphatic carbocycles. The fraction of sp³-hybridized carbons (Fsp3) is 0.286. The minimum absolute atomic E-state index is 0.137. The van der Waals surface area contributed by atoms with Crippen molar-refractivity contribution < 1.29 is 19.8 Å². The second kappa shape index (κ2) is 5.67. The van der Waals surface area contributed by atoms with Crippen molar-refractivity contribution in [3.05, 3.63) is 41.5 Å². The number of carboxylic acid groups (broad SMARTS) is 1. The van der Waals surface area contributed by atoms with E-state index in [1.807, 2.05) is 0 Å². The highest BCUT2D eigenvalue weighted by Crippen LogP contribution is 2.15. The number of benzene rings is 1. The summed E-state index contributed by atoms with van der Waals surface area (Å²) in [5.41, 5.74) is 1.16. The van der Waals surface area contributed by atoms with Crippen molar-refractivity contribution in [3.63, 3.8) is 0 Å². The summed E-state index contributed by atoms with van der Waals surface area (Å²) in [6.45, 7) is 0.906. The molecule has 1 aromatic carbocycles. The number of aliphatic carboxylic acids is 1. The van der Waals surface area contributed by atoms with Crippen LogP contribution in [0.1, 0.15) is 22.3 Å². The van der Waals surface area contributed by atoms with Crippen LogP contribution in [0.4, 0.5) is 0 Å². The maximum absolute atomic E-state index is 12.2. The van der Waals surface area contributed by atoms with Crippen molar-refractivity contribution in [2.45, 2.75) is 12.5 Å². The van der Waals surface area contributed by atoms with Crippen molar-refractivity contribution in [2.24, 2.45) is 0 Å². The molecule has 0 saturated carbocycles. The van der Waals surface area contributed by atoms with Gasteiger partial charge in [-0.2, -0.15) is 0 Å². The number of nitrogens with zero attached hydrogens (tertiary/aromatic N) is 1. The second-order valence-electron chi connectivity index (χ2n) is 4.49. The van der Waals surface area contributed by atoms with E-state index in [1.165, 1.54) is 6.08 Å². The Morgan fingerprint density at radius 2 is 2.16 bits per heavy atom. The third-order valence-corrected chi connectivity index (χ3v) is 3.00. The Balaban J connectivity index is 2.14. The van der Waals surface area contributed by atoms with E-state index in [0.717, 1.165) is 6.08 Å². The van der Waals surface area contributed by atoms with Gasteiger partial charge in [0.15, 0.2) is 0 Å². The Kier molecular flexibility index (Phi) is 3.97. The zero-order valence-corrected chi connectivity index (χ0v) is 10.3. The highest BCUT2D eigenvalue weighted by molar-refractivity contribution is 5.95. The van der Waals surface area contributed by atoms with Crippen LogP contribution in [0.25, 0.3) is 6.08 Å². The normalized spacial score (nSPS) is 19.0. The molecular formula is C14H15NO4. The Labute approximate surface area is 110 Å². The number of carbonyl (C=O) groups is 2. The van der Waals surface area contributed by atoms with Crippen molar-refractivity contribution in [3.8, 4) is 0 Å². The van der Waals surface area contributed by atoms with E-state index < -0.39 is 12.1 Å². The van der Waals surface area contributed by atoms with E-state index in [1.54, 1.807) is 29.2 Å². The molecule has 100 valence electrons. The molecule has 1 fully saturated rings. The standard InChI is InChI=1S/C14H15NO4/c16-12-6-7-15(9-12)14(19)11-3-1-2-10(8-11)4-5-13(17)18/h1-5,8,12,16H,6-7,9H2,(H,17,18). The predicted molar refractivity (Wildman–Crippen MR) is 69.6 cm³/mol. The zero-order valence-electron chi connectivity index (χ0n) is 10.3. The molecule has 1 unspecified atom stereocenters. The van der Waals surface area contributed by atoms with Gasteiger partial charge in [-0.3, -0.25) is 4.79 Å². The van der Waals surface area contributed by atoms with Crippen LogP contribution >= 0.6 is 0 Å². The van der Waals surface area contributed by atoms with Gasteiger partial charge in [-0.15, -0.1) is 0 Å². The number of hydrogen-bond acceptors (Lipinski definition) is 3. The summed E-state index contributed by atoms with van der Waals surface area (Å²) >= 11 is 0. The summed E-state index contributed by atoms with van der Waals surface area (Å²) in [5, 5.41) is 18.0. The van der Waals surface area contributed by atoms with Crippen molar-refractivity contribution in [1.29, 1.82) is 0 Å². The summed E-state index contributed by atoms with van der Waals surface area (Å²) in [6.07, 6.45) is 2.63. The lowest BCUT2D eigenvalue weighted by atomic mass is 10.1. The number of rotatable bonds is 3. The number of aliphatic hydroxyl groups is 1. The summed E-state index contributed by atoms with van der Waals surface area (Å²) in [7, 11) is 0. The summed E-state index contributed by atoms with van der Waals surface area (Å²) < 4.78 is 0. The van der Waals surface area contributed by atoms with Gasteiger partial charge >= 0.3 is 5.97 Å². The van der Waals surface area contributed by atoms with Crippen molar-refractivity contribution in [2.75, 3.05) is 13.1 Å². The molecule has 5 nitrogen and oxygen atoms in total. The topological polar surface area (TPSA) is 77.8 Å². The van der Waals surface area contributed by atoms with Crippen LogP contribution in [-0.4, -0.2) is 46.2 Å². The highest BCUT2D eigenvalue weighted by Gasteiger charge is 2.25. The van der Waals surface area contributed by atoms with Crippen LogP contribution in [0.5, 0.6) is 0 Å². The van der Waals surface area contributed by atoms with Crippen molar-refractivity contribution >= 4 is 18.0 Å². The van der Waals surface area contributed by atoms with Crippen LogP contribution in [0.15, 0.2) is 30.3 Å². The van der Waals surface area contributed by atoms with Crippen LogP contribution < -0.4 is 0 Å². The van der Waals surface area contributed by atoms with Crippen LogP contribution in [0.3, 0.4) is 0 Å². The number of β-amino-alcohol motifs (C(OH)–C–C–N with tert-alkyl or cyclic N) is 1. The lowest BCUT2D eigenvalue weighted by molar-refractivity contribution is -0.131. The largest absolute Gasteiger partial charge is 0.478 e. The smallest absolute Gasteiger partial charge is 0.328 e. The van der Waals surface area contributed by atoms with Gasteiger partial charge in [0.1, 0.15) is 0 Å². The fourth-order valence-corrected chi connectivity index (χ4v) is 2.05. The van der Waals surface area contributed by atoms with Gasteiger partial charge in [-0.05, 0) is 30.2 Å². The minimum atomic E-state index is -1.03. The molecule has 1 aliphatic heterocycles. The average Bonchev–Trinajstić information content (AvgIpc) is 2.82. The molecule has 2 N–H and O–H groups in total. The number of amides is 1. The van der Waals surface area contributed by atoms with Crippen molar-refractivity contribution in [1.82, 2.24) is 4.90 Å². The first-order valence-electron chi connectivity index (χ1n) is 6.04. The quantitative estimate of drug-likeness (QED) is 0.795. The number of carboxylic acids is 1. The molecule has 1 amide bonds. The molecule has 1 heterocycles. The van der Waals surface area contributed by atoms with E-state index in [-0.39, 0.29) is 5.91 Å². The monoisotopic (exact) mass is 261 g/mol. The summed E-state index contributed by atoms with van der Waals surface area (Å²) in [4.78, 5) is 24.2. The van der Waals surface area contributed by atoms with Crippen LogP contribution in [0, 0.1) is 0 Å². The maximum Gasteiger partial charge on any atom is 0.328 e. The highest BCUT2D eigenvalue weighted by atomic mass is 16.4. The Bertz CT molecular complexity index is 524. The Morgan fingerprint density at radius 3 is 2.79 bits per heavy atom. The van der Waals surface area contributed by atoms with E-state index in [0.29, 0.717) is 30.6 Å². The SMILES string of the molecule is O=C(O)C=Cc1cccc(C(=O)N2CCC(O)C2)c1. The Hall–Kier alpha value is -2.14. The van der Waals surface area contributed by atoms with Gasteiger partial charge in [0, 0.05) is 24.7 Å². The zero-order chi connectivity index (χ0) is 13.8.